The first-order chi connectivity index (χ1) is 12.6. The van der Waals surface area contributed by atoms with Gasteiger partial charge in [0.05, 0.1) is 6.07 Å². The van der Waals surface area contributed by atoms with Crippen LogP contribution in [0.1, 0.15) is 23.6 Å². The first-order valence-corrected chi connectivity index (χ1v) is 9.61. The molecule has 1 heterocycles. The van der Waals surface area contributed by atoms with Gasteiger partial charge < -0.3 is 4.57 Å². The van der Waals surface area contributed by atoms with Crippen molar-refractivity contribution in [1.82, 2.24) is 14.8 Å². The number of aryl methyl sites for hydroxylation is 2. The van der Waals surface area contributed by atoms with Gasteiger partial charge in [-0.2, -0.15) is 5.26 Å². The van der Waals surface area contributed by atoms with Crippen LogP contribution in [0.25, 0.3) is 11.4 Å². The Hall–Kier alpha value is -2.58. The number of thioether (sulfide) groups is 1. The Morgan fingerprint density at radius 1 is 1.08 bits per heavy atom. The summed E-state index contributed by atoms with van der Waals surface area (Å²) in [6, 6.07) is 18.9. The molecule has 0 unspecified atom stereocenters. The van der Waals surface area contributed by atoms with Crippen LogP contribution >= 0.6 is 11.8 Å². The van der Waals surface area contributed by atoms with E-state index in [1.54, 1.807) is 0 Å². The van der Waals surface area contributed by atoms with Gasteiger partial charge >= 0.3 is 0 Å². The van der Waals surface area contributed by atoms with Crippen molar-refractivity contribution in [3.63, 3.8) is 0 Å². The quantitative estimate of drug-likeness (QED) is 0.591. The number of hydrogen-bond donors (Lipinski definition) is 0. The van der Waals surface area contributed by atoms with Gasteiger partial charge in [-0.15, -0.1) is 10.2 Å². The average Bonchev–Trinajstić information content (AvgIpc) is 3.05. The van der Waals surface area contributed by atoms with Crippen LogP contribution in [0, 0.1) is 25.2 Å². The smallest absolute Gasteiger partial charge is 0.192 e. The van der Waals surface area contributed by atoms with E-state index < -0.39 is 0 Å². The zero-order valence-corrected chi connectivity index (χ0v) is 16.1. The molecule has 132 valence electrons. The van der Waals surface area contributed by atoms with Crippen LogP contribution in [0.15, 0.2) is 53.7 Å². The average molecular weight is 363 g/mol. The second kappa shape index (κ2) is 8.20. The molecule has 0 radical (unpaired) electrons. The van der Waals surface area contributed by atoms with Crippen molar-refractivity contribution >= 4 is 11.8 Å². The van der Waals surface area contributed by atoms with Gasteiger partial charge in [-0.1, -0.05) is 65.9 Å². The molecule has 0 amide bonds. The Balaban J connectivity index is 1.84. The zero-order chi connectivity index (χ0) is 18.5. The van der Waals surface area contributed by atoms with Gasteiger partial charge in [-0.05, 0) is 38.3 Å². The standard InChI is InChI=1S/C21H22N4S/c1-4-25-20(19-8-6-5-7-16(19)3)23-24-21(25)26-18(14-22)13-17-11-9-15(2)10-12-17/h5-12,18H,4,13H2,1-3H3/t18-/m0/s1. The molecule has 3 rings (SSSR count). The Bertz CT molecular complexity index is 922. The lowest BCUT2D eigenvalue weighted by molar-refractivity contribution is 0.686. The highest BCUT2D eigenvalue weighted by molar-refractivity contribution is 8.00. The molecule has 0 saturated heterocycles. The molecule has 0 aliphatic carbocycles. The van der Waals surface area contributed by atoms with E-state index in [0.29, 0.717) is 6.42 Å². The third-order valence-corrected chi connectivity index (χ3v) is 5.42. The van der Waals surface area contributed by atoms with Crippen LogP contribution in [0.4, 0.5) is 0 Å². The zero-order valence-electron chi connectivity index (χ0n) is 15.3. The van der Waals surface area contributed by atoms with Gasteiger partial charge in [0.15, 0.2) is 11.0 Å². The maximum Gasteiger partial charge on any atom is 0.192 e. The maximum atomic E-state index is 9.61. The van der Waals surface area contributed by atoms with Crippen LogP contribution in [-0.4, -0.2) is 20.0 Å². The normalized spacial score (nSPS) is 11.9. The molecular weight excluding hydrogens is 340 g/mol. The number of aromatic nitrogens is 3. The van der Waals surface area contributed by atoms with Crippen molar-refractivity contribution in [2.75, 3.05) is 0 Å². The molecule has 0 bridgehead atoms. The summed E-state index contributed by atoms with van der Waals surface area (Å²) in [6.07, 6.45) is 0.692. The van der Waals surface area contributed by atoms with Crippen molar-refractivity contribution in [3.05, 3.63) is 65.2 Å². The fourth-order valence-electron chi connectivity index (χ4n) is 2.86. The lowest BCUT2D eigenvalue weighted by Gasteiger charge is -2.11. The monoisotopic (exact) mass is 362 g/mol. The van der Waals surface area contributed by atoms with Crippen molar-refractivity contribution in [3.8, 4) is 17.5 Å². The predicted molar refractivity (Wildman–Crippen MR) is 106 cm³/mol. The third-order valence-electron chi connectivity index (χ3n) is 4.35. The lowest BCUT2D eigenvalue weighted by atomic mass is 10.1. The number of nitrogens with zero attached hydrogens (tertiary/aromatic N) is 4. The van der Waals surface area contributed by atoms with E-state index in [9.17, 15) is 5.26 Å². The van der Waals surface area contributed by atoms with Gasteiger partial charge in [0, 0.05) is 12.1 Å². The van der Waals surface area contributed by atoms with E-state index in [0.717, 1.165) is 28.7 Å². The van der Waals surface area contributed by atoms with Gasteiger partial charge in [0.2, 0.25) is 0 Å². The Labute approximate surface area is 158 Å². The molecule has 2 aromatic carbocycles. The number of nitriles is 1. The molecule has 1 aromatic heterocycles. The molecule has 0 spiro atoms. The van der Waals surface area contributed by atoms with Crippen LogP contribution < -0.4 is 0 Å². The minimum atomic E-state index is -0.197. The summed E-state index contributed by atoms with van der Waals surface area (Å²) in [5.74, 6) is 0.861. The highest BCUT2D eigenvalue weighted by Crippen LogP contribution is 2.29. The summed E-state index contributed by atoms with van der Waals surface area (Å²) < 4.78 is 2.09. The fourth-order valence-corrected chi connectivity index (χ4v) is 3.88. The van der Waals surface area contributed by atoms with E-state index in [1.807, 2.05) is 12.1 Å². The number of rotatable bonds is 6. The molecule has 1 atom stereocenters. The van der Waals surface area contributed by atoms with E-state index in [4.69, 9.17) is 0 Å². The largest absolute Gasteiger partial charge is 0.302 e. The fraction of sp³-hybridized carbons (Fsp3) is 0.286. The van der Waals surface area contributed by atoms with Crippen molar-refractivity contribution in [2.45, 2.75) is 44.1 Å². The van der Waals surface area contributed by atoms with E-state index >= 15 is 0 Å². The molecule has 26 heavy (non-hydrogen) atoms. The SMILES string of the molecule is CCn1c(S[C@H](C#N)Cc2ccc(C)cc2)nnc1-c1ccccc1C. The van der Waals surface area contributed by atoms with E-state index in [2.05, 4.69) is 78.0 Å². The summed E-state index contributed by atoms with van der Waals surface area (Å²) in [6.45, 7) is 6.99. The Morgan fingerprint density at radius 2 is 1.81 bits per heavy atom. The summed E-state index contributed by atoms with van der Waals surface area (Å²) in [5, 5.41) is 19.0. The Kier molecular flexibility index (Phi) is 5.75. The molecule has 3 aromatic rings. The summed E-state index contributed by atoms with van der Waals surface area (Å²) >= 11 is 1.49. The number of hydrogen-bond acceptors (Lipinski definition) is 4. The molecule has 0 saturated carbocycles. The van der Waals surface area contributed by atoms with Gasteiger partial charge in [0.1, 0.15) is 5.25 Å². The van der Waals surface area contributed by atoms with Gasteiger partial charge in [0.25, 0.3) is 0 Å². The molecular formula is C21H22N4S. The lowest BCUT2D eigenvalue weighted by Crippen LogP contribution is -2.07. The van der Waals surface area contributed by atoms with Crippen LogP contribution in [0.3, 0.4) is 0 Å². The highest BCUT2D eigenvalue weighted by Gasteiger charge is 2.19. The highest BCUT2D eigenvalue weighted by atomic mass is 32.2. The van der Waals surface area contributed by atoms with Crippen molar-refractivity contribution in [2.24, 2.45) is 0 Å². The Morgan fingerprint density at radius 3 is 2.46 bits per heavy atom. The minimum absolute atomic E-state index is 0.197. The summed E-state index contributed by atoms with van der Waals surface area (Å²) in [7, 11) is 0. The number of benzene rings is 2. The second-order valence-corrected chi connectivity index (χ2v) is 7.46. The molecule has 0 aliphatic heterocycles. The van der Waals surface area contributed by atoms with E-state index in [1.165, 1.54) is 22.9 Å². The van der Waals surface area contributed by atoms with Crippen molar-refractivity contribution in [1.29, 1.82) is 5.26 Å². The first-order valence-electron chi connectivity index (χ1n) is 8.73. The van der Waals surface area contributed by atoms with Gasteiger partial charge in [-0.3, -0.25) is 0 Å². The van der Waals surface area contributed by atoms with Crippen molar-refractivity contribution < 1.29 is 0 Å². The van der Waals surface area contributed by atoms with E-state index in [-0.39, 0.29) is 5.25 Å². The predicted octanol–water partition coefficient (Wildman–Crippen LogP) is 4.81. The molecule has 4 nitrogen and oxygen atoms in total. The third kappa shape index (κ3) is 3.97. The molecule has 0 N–H and O–H groups in total. The molecule has 5 heteroatoms. The van der Waals surface area contributed by atoms with Crippen LogP contribution in [0.5, 0.6) is 0 Å². The van der Waals surface area contributed by atoms with Crippen LogP contribution in [0.2, 0.25) is 0 Å². The molecule has 0 aliphatic rings. The maximum absolute atomic E-state index is 9.61. The van der Waals surface area contributed by atoms with Crippen LogP contribution in [-0.2, 0) is 13.0 Å². The topological polar surface area (TPSA) is 54.5 Å². The summed E-state index contributed by atoms with van der Waals surface area (Å²) in [4.78, 5) is 0. The summed E-state index contributed by atoms with van der Waals surface area (Å²) in [5.41, 5.74) is 4.64. The second-order valence-electron chi connectivity index (χ2n) is 6.29. The minimum Gasteiger partial charge on any atom is -0.302 e. The van der Waals surface area contributed by atoms with Gasteiger partial charge in [-0.25, -0.2) is 0 Å². The first kappa shape index (κ1) is 18.2. The molecule has 0 fully saturated rings.